The topological polar surface area (TPSA) is 328 Å². The van der Waals surface area contributed by atoms with Crippen LogP contribution in [-0.2, 0) is 16.0 Å². The summed E-state index contributed by atoms with van der Waals surface area (Å²) >= 11 is 0. The standard InChI is InChI=1S/C28H39N7O3.C27H39N5O4.C27H38N4O5/c1-37-24-11-8-12-25(38-2)27(24)23-18-22(33-35(23)21-9-4-5-10-21)28(36)31-20(17-26-29-19-30-32-26)13-16-34-14-6-3-7-15-34;1-35-23-11-8-12-24(36-2)26(23)22-18-21(30-32(22)20-9-4-5-10-20)27(34)29-19(17-25(28)33)13-16-31-14-6-3-7-15-31;1-35-23-11-8-12-24(36-2)26(23)22-18-21(29-31(22)20-9-4-5-10-20)27(34)28-19(17-25(32)33)13-16-30-14-6-3-7-15-30/h8,11-12,18-21H,3-7,9-10,13-17H2,1-2H3,(H,31,36)(H,29,30,32);8,11-12,18-20H,3-7,9-10,13-17H2,1-2H3,(H2,28,33)(H,29,34);8,11-12,18-20H,3-7,9-10,13-17H2,1-2H3,(H,28,34)(H,32,33)/t20-;2*19-/m000/s1. The number of hydrogen-bond acceptors (Lipinski definition) is 19. The maximum absolute atomic E-state index is 13.6. The van der Waals surface area contributed by atoms with Crippen molar-refractivity contribution >= 4 is 29.6 Å². The van der Waals surface area contributed by atoms with Gasteiger partial charge < -0.3 is 69.9 Å². The SMILES string of the molecule is COc1cccc(OC)c1-c1cc(C(=O)N[C@@H](CCN2CCCCC2)CC(=O)O)nn1C1CCCC1.COc1cccc(OC)c1-c1cc(C(=O)N[C@@H](CCN2CCCCC2)CC(N)=O)nn1C1CCCC1.COc1cccc(OC)c1-c1cc(C(=O)N[C@@H](CCN2CCCCC2)Cc2ncn[nH]2)nn1C1CCCC1. The van der Waals surface area contributed by atoms with E-state index in [2.05, 4.69) is 45.8 Å². The molecule has 110 heavy (non-hydrogen) atoms. The molecule has 3 saturated heterocycles. The van der Waals surface area contributed by atoms with E-state index in [4.69, 9.17) is 49.5 Å². The van der Waals surface area contributed by atoms with E-state index in [1.807, 2.05) is 74.7 Å². The quantitative estimate of drug-likeness (QED) is 0.0223. The van der Waals surface area contributed by atoms with E-state index in [0.29, 0.717) is 65.1 Å². The monoisotopic (exact) mass is 1520 g/mol. The second-order valence-electron chi connectivity index (χ2n) is 30.0. The van der Waals surface area contributed by atoms with Crippen LogP contribution in [0.1, 0.15) is 222 Å². The van der Waals surface area contributed by atoms with Gasteiger partial charge in [0.15, 0.2) is 17.1 Å². The largest absolute Gasteiger partial charge is 0.496 e. The molecule has 4 aromatic heterocycles. The first-order valence-electron chi connectivity index (χ1n) is 40.0. The molecule has 3 aliphatic carbocycles. The number of primary amides is 1. The molecule has 3 aliphatic heterocycles. The molecule has 7 N–H and O–H groups in total. The summed E-state index contributed by atoms with van der Waals surface area (Å²) in [5.74, 6) is 2.59. The molecule has 3 atom stereocenters. The van der Waals surface area contributed by atoms with Gasteiger partial charge in [-0.3, -0.25) is 43.1 Å². The molecule has 6 fully saturated rings. The average molecular weight is 1520 g/mol. The van der Waals surface area contributed by atoms with Crippen molar-refractivity contribution in [2.75, 3.05) is 102 Å². The molecule has 0 bridgehead atoms. The molecular formula is C82H116N16O12. The summed E-state index contributed by atoms with van der Waals surface area (Å²) < 4.78 is 39.9. The zero-order valence-electron chi connectivity index (χ0n) is 65.4. The number of carbonyl (C=O) groups excluding carboxylic acids is 4. The Bertz CT molecular complexity index is 3850. The lowest BCUT2D eigenvalue weighted by Gasteiger charge is -2.28. The smallest absolute Gasteiger partial charge is 0.305 e. The molecule has 0 radical (unpaired) electrons. The van der Waals surface area contributed by atoms with Crippen molar-refractivity contribution in [2.45, 2.75) is 210 Å². The highest BCUT2D eigenvalue weighted by molar-refractivity contribution is 5.96. The minimum Gasteiger partial charge on any atom is -0.496 e. The molecule has 3 aromatic carbocycles. The Kier molecular flexibility index (Phi) is 30.3. The van der Waals surface area contributed by atoms with Gasteiger partial charge in [-0.15, -0.1) is 0 Å². The van der Waals surface area contributed by atoms with Crippen molar-refractivity contribution in [3.8, 4) is 68.3 Å². The molecule has 13 rings (SSSR count). The fourth-order valence-corrected chi connectivity index (χ4v) is 16.7. The van der Waals surface area contributed by atoms with Crippen molar-refractivity contribution in [2.24, 2.45) is 5.73 Å². The molecular weight excluding hydrogens is 1400 g/mol. The third-order valence-corrected chi connectivity index (χ3v) is 22.5. The number of carboxylic acid groups (broad SMARTS) is 1. The van der Waals surface area contributed by atoms with Crippen molar-refractivity contribution in [3.63, 3.8) is 0 Å². The van der Waals surface area contributed by atoms with E-state index in [1.165, 1.54) is 64.1 Å². The van der Waals surface area contributed by atoms with Gasteiger partial charge in [0, 0.05) is 50.6 Å². The average Bonchev–Trinajstić information content (AvgIpc) is 1.63. The number of nitrogens with zero attached hydrogens (tertiary/aromatic N) is 11. The zero-order chi connectivity index (χ0) is 77.3. The molecule has 596 valence electrons. The number of rotatable bonds is 33. The molecule has 28 nitrogen and oxygen atoms in total. The van der Waals surface area contributed by atoms with E-state index in [0.717, 1.165) is 182 Å². The number of carboxylic acids is 1. The lowest BCUT2D eigenvalue weighted by molar-refractivity contribution is -0.137. The number of nitrogens with one attached hydrogen (secondary N) is 4. The number of benzene rings is 3. The fraction of sp³-hybridized carbons (Fsp3) is 0.585. The first kappa shape index (κ1) is 81.4. The van der Waals surface area contributed by atoms with Gasteiger partial charge in [0.2, 0.25) is 5.91 Å². The Morgan fingerprint density at radius 2 is 0.745 bits per heavy atom. The van der Waals surface area contributed by atoms with Gasteiger partial charge in [-0.1, -0.05) is 76.0 Å². The summed E-state index contributed by atoms with van der Waals surface area (Å²) in [5.41, 5.74) is 11.3. The Labute approximate surface area is 646 Å². The number of amides is 4. The molecule has 4 amide bonds. The third kappa shape index (κ3) is 21.7. The number of ether oxygens (including phenoxy) is 6. The number of aromatic nitrogens is 9. The number of methoxy groups -OCH3 is 6. The van der Waals surface area contributed by atoms with Crippen LogP contribution in [0.2, 0.25) is 0 Å². The Hall–Kier alpha value is -9.54. The van der Waals surface area contributed by atoms with Crippen molar-refractivity contribution < 1.29 is 57.5 Å². The van der Waals surface area contributed by atoms with E-state index in [1.54, 1.807) is 54.8 Å². The fourth-order valence-electron chi connectivity index (χ4n) is 16.7. The minimum atomic E-state index is -0.921. The summed E-state index contributed by atoms with van der Waals surface area (Å²) in [6, 6.07) is 22.2. The molecule has 7 heterocycles. The number of nitrogens with two attached hydrogens (primary N) is 1. The van der Waals surface area contributed by atoms with Gasteiger partial charge in [-0.05, 0) is 190 Å². The normalized spacial score (nSPS) is 17.5. The summed E-state index contributed by atoms with van der Waals surface area (Å²) in [5, 5.41) is 40.0. The van der Waals surface area contributed by atoms with Crippen LogP contribution in [0.25, 0.3) is 33.8 Å². The van der Waals surface area contributed by atoms with Gasteiger partial charge in [0.25, 0.3) is 17.7 Å². The van der Waals surface area contributed by atoms with Crippen LogP contribution in [0.3, 0.4) is 0 Å². The van der Waals surface area contributed by atoms with Gasteiger partial charge in [-0.25, -0.2) is 4.98 Å². The molecule has 0 spiro atoms. The Balaban J connectivity index is 0.000000164. The number of H-pyrrole nitrogens is 1. The number of likely N-dealkylation sites (tertiary alicyclic amines) is 3. The van der Waals surface area contributed by atoms with Gasteiger partial charge in [-0.2, -0.15) is 20.4 Å². The third-order valence-electron chi connectivity index (χ3n) is 22.5. The predicted molar refractivity (Wildman–Crippen MR) is 419 cm³/mol. The maximum atomic E-state index is 13.6. The molecule has 7 aromatic rings. The van der Waals surface area contributed by atoms with Crippen molar-refractivity contribution in [1.29, 1.82) is 0 Å². The maximum Gasteiger partial charge on any atom is 0.305 e. The van der Waals surface area contributed by atoms with Gasteiger partial charge in [0.05, 0.1) is 101 Å². The van der Waals surface area contributed by atoms with Crippen LogP contribution < -0.4 is 50.1 Å². The Morgan fingerprint density at radius 3 is 1.03 bits per heavy atom. The van der Waals surface area contributed by atoms with Gasteiger partial charge >= 0.3 is 5.97 Å². The first-order chi connectivity index (χ1) is 53.6. The molecule has 6 aliphatic rings. The second-order valence-corrected chi connectivity index (χ2v) is 30.0. The highest BCUT2D eigenvalue weighted by atomic mass is 16.5. The van der Waals surface area contributed by atoms with Crippen LogP contribution in [0.15, 0.2) is 79.1 Å². The van der Waals surface area contributed by atoms with Crippen molar-refractivity contribution in [1.82, 2.24) is 75.2 Å². The highest BCUT2D eigenvalue weighted by Crippen LogP contribution is 2.45. The van der Waals surface area contributed by atoms with E-state index >= 15 is 0 Å². The highest BCUT2D eigenvalue weighted by Gasteiger charge is 2.33. The second kappa shape index (κ2) is 40.9. The van der Waals surface area contributed by atoms with E-state index in [-0.39, 0.29) is 66.5 Å². The predicted octanol–water partition coefficient (Wildman–Crippen LogP) is 11.7. The zero-order valence-corrected chi connectivity index (χ0v) is 65.4. The van der Waals surface area contributed by atoms with Gasteiger partial charge in [0.1, 0.15) is 46.6 Å². The number of piperidine rings is 3. The van der Waals surface area contributed by atoms with E-state index < -0.39 is 17.9 Å². The van der Waals surface area contributed by atoms with Crippen LogP contribution in [0.5, 0.6) is 34.5 Å². The molecule has 28 heteroatoms. The van der Waals surface area contributed by atoms with Crippen molar-refractivity contribution in [3.05, 3.63) is 102 Å². The summed E-state index contributed by atoms with van der Waals surface area (Å²) in [6.45, 7) is 8.99. The summed E-state index contributed by atoms with van der Waals surface area (Å²) in [6.07, 6.45) is 28.1. The van der Waals surface area contributed by atoms with Crippen LogP contribution in [0, 0.1) is 0 Å². The number of aromatic amines is 1. The lowest BCUT2D eigenvalue weighted by atomic mass is 10.1. The van der Waals surface area contributed by atoms with Crippen LogP contribution in [0.4, 0.5) is 0 Å². The summed E-state index contributed by atoms with van der Waals surface area (Å²) in [4.78, 5) is 75.2. The Morgan fingerprint density at radius 1 is 0.445 bits per heavy atom. The number of carbonyl (C=O) groups is 5. The van der Waals surface area contributed by atoms with E-state index in [9.17, 15) is 29.1 Å². The number of aliphatic carboxylic acids is 1. The lowest BCUT2D eigenvalue weighted by Crippen LogP contribution is -2.41. The van der Waals surface area contributed by atoms with Crippen LogP contribution >= 0.6 is 0 Å². The van der Waals surface area contributed by atoms with Crippen LogP contribution in [-0.4, -0.2) is 214 Å². The summed E-state index contributed by atoms with van der Waals surface area (Å²) in [7, 11) is 9.77. The number of hydrogen-bond donors (Lipinski definition) is 6. The molecule has 0 unspecified atom stereocenters. The molecule has 3 saturated carbocycles. The first-order valence-corrected chi connectivity index (χ1v) is 40.0. The minimum absolute atomic E-state index is 0.0849.